The number of aryl methyl sites for hydroxylation is 1. The lowest BCUT2D eigenvalue weighted by Gasteiger charge is -2.01. The average Bonchev–Trinajstić information content (AvgIpc) is 3.27. The van der Waals surface area contributed by atoms with Crippen LogP contribution in [0.1, 0.15) is 17.6 Å². The van der Waals surface area contributed by atoms with Crippen LogP contribution in [-0.4, -0.2) is 15.0 Å². The molecule has 132 valence electrons. The van der Waals surface area contributed by atoms with Crippen molar-refractivity contribution in [2.75, 3.05) is 0 Å². The minimum absolute atomic E-state index is 0.175. The molecule has 8 heteroatoms. The summed E-state index contributed by atoms with van der Waals surface area (Å²) in [6.45, 7) is 2.08. The van der Waals surface area contributed by atoms with Crippen LogP contribution in [-0.2, 0) is 12.2 Å². The normalized spacial score (nSPS) is 11.3. The number of nitrogens with zero attached hydrogens (tertiary/aromatic N) is 2. The topological polar surface area (TPSA) is 58.6 Å². The number of rotatable bonds is 5. The summed E-state index contributed by atoms with van der Waals surface area (Å²) in [6, 6.07) is 6.13. The van der Waals surface area contributed by atoms with Crippen LogP contribution >= 0.6 is 34.4 Å². The zero-order valence-electron chi connectivity index (χ0n) is 13.8. The number of thioether (sulfide) groups is 1. The Balaban J connectivity index is 1.63. The third-order valence-corrected chi connectivity index (χ3v) is 6.66. The first-order valence-corrected chi connectivity index (χ1v) is 10.7. The van der Waals surface area contributed by atoms with Crippen molar-refractivity contribution in [1.82, 2.24) is 15.0 Å². The van der Waals surface area contributed by atoms with E-state index in [1.165, 1.54) is 35.2 Å². The zero-order valence-corrected chi connectivity index (χ0v) is 16.2. The van der Waals surface area contributed by atoms with E-state index in [0.29, 0.717) is 21.1 Å². The van der Waals surface area contributed by atoms with Gasteiger partial charge in [-0.15, -0.1) is 22.7 Å². The molecule has 3 heterocycles. The van der Waals surface area contributed by atoms with Gasteiger partial charge in [0.05, 0.1) is 16.1 Å². The van der Waals surface area contributed by atoms with Crippen molar-refractivity contribution in [3.05, 3.63) is 61.9 Å². The monoisotopic (exact) mass is 403 g/mol. The number of benzene rings is 1. The Morgan fingerprint density at radius 1 is 1.15 bits per heavy atom. The number of thiazole rings is 1. The molecule has 1 N–H and O–H groups in total. The third kappa shape index (κ3) is 3.44. The highest BCUT2D eigenvalue weighted by molar-refractivity contribution is 7.98. The molecule has 0 spiro atoms. The Labute approximate surface area is 161 Å². The van der Waals surface area contributed by atoms with Gasteiger partial charge in [0.1, 0.15) is 10.6 Å². The lowest BCUT2D eigenvalue weighted by Crippen LogP contribution is -2.08. The fourth-order valence-electron chi connectivity index (χ4n) is 2.56. The number of aromatic amines is 1. The van der Waals surface area contributed by atoms with E-state index in [1.807, 2.05) is 10.8 Å². The molecule has 0 saturated carbocycles. The highest BCUT2D eigenvalue weighted by Gasteiger charge is 2.13. The molecule has 4 nitrogen and oxygen atoms in total. The minimum atomic E-state index is -0.299. The lowest BCUT2D eigenvalue weighted by molar-refractivity contribution is 0.628. The molecule has 26 heavy (non-hydrogen) atoms. The van der Waals surface area contributed by atoms with Crippen molar-refractivity contribution < 1.29 is 4.39 Å². The van der Waals surface area contributed by atoms with Gasteiger partial charge < -0.3 is 4.98 Å². The second-order valence-corrected chi connectivity index (χ2v) is 8.35. The molecule has 0 saturated heterocycles. The summed E-state index contributed by atoms with van der Waals surface area (Å²) in [5.74, 6) is 0.369. The van der Waals surface area contributed by atoms with E-state index in [1.54, 1.807) is 23.5 Å². The van der Waals surface area contributed by atoms with Crippen molar-refractivity contribution in [3.63, 3.8) is 0 Å². The van der Waals surface area contributed by atoms with Crippen LogP contribution in [0.25, 0.3) is 21.3 Å². The molecule has 3 aromatic heterocycles. The maximum Gasteiger partial charge on any atom is 0.260 e. The van der Waals surface area contributed by atoms with E-state index in [2.05, 4.69) is 21.9 Å². The van der Waals surface area contributed by atoms with Crippen molar-refractivity contribution in [2.24, 2.45) is 0 Å². The number of halogens is 1. The predicted molar refractivity (Wildman–Crippen MR) is 107 cm³/mol. The first kappa shape index (κ1) is 17.4. The van der Waals surface area contributed by atoms with Crippen LogP contribution in [0.5, 0.6) is 0 Å². The smallest absolute Gasteiger partial charge is 0.260 e. The van der Waals surface area contributed by atoms with Gasteiger partial charge in [-0.2, -0.15) is 0 Å². The molecule has 1 aromatic carbocycles. The van der Waals surface area contributed by atoms with Gasteiger partial charge in [0, 0.05) is 22.1 Å². The maximum absolute atomic E-state index is 13.1. The van der Waals surface area contributed by atoms with E-state index in [9.17, 15) is 9.18 Å². The molecule has 0 bridgehead atoms. The number of hydrogen-bond donors (Lipinski definition) is 1. The van der Waals surface area contributed by atoms with E-state index in [-0.39, 0.29) is 11.4 Å². The van der Waals surface area contributed by atoms with Crippen LogP contribution < -0.4 is 5.56 Å². The molecule has 4 rings (SSSR count). The van der Waals surface area contributed by atoms with Gasteiger partial charge >= 0.3 is 0 Å². The first-order valence-electron chi connectivity index (χ1n) is 7.97. The van der Waals surface area contributed by atoms with E-state index in [4.69, 9.17) is 0 Å². The largest absolute Gasteiger partial charge is 0.301 e. The second-order valence-electron chi connectivity index (χ2n) is 5.58. The van der Waals surface area contributed by atoms with Gasteiger partial charge in [-0.1, -0.05) is 30.8 Å². The molecule has 0 radical (unpaired) electrons. The molecule has 0 unspecified atom stereocenters. The highest BCUT2D eigenvalue weighted by Crippen LogP contribution is 2.32. The summed E-state index contributed by atoms with van der Waals surface area (Å²) in [6.07, 6.45) is 0.928. The van der Waals surface area contributed by atoms with Gasteiger partial charge in [-0.25, -0.2) is 14.4 Å². The number of aromatic nitrogens is 3. The Kier molecular flexibility index (Phi) is 4.88. The van der Waals surface area contributed by atoms with E-state index >= 15 is 0 Å². The summed E-state index contributed by atoms with van der Waals surface area (Å²) in [4.78, 5) is 25.2. The van der Waals surface area contributed by atoms with Crippen molar-refractivity contribution >= 4 is 44.7 Å². The Morgan fingerprint density at radius 2 is 1.96 bits per heavy atom. The predicted octanol–water partition coefficient (Wildman–Crippen LogP) is 5.10. The zero-order chi connectivity index (χ0) is 18.1. The van der Waals surface area contributed by atoms with Crippen molar-refractivity contribution in [3.8, 4) is 11.1 Å². The quantitative estimate of drug-likeness (QED) is 0.372. The molecular formula is C18H14FN3OS3. The summed E-state index contributed by atoms with van der Waals surface area (Å²) < 4.78 is 13.1. The van der Waals surface area contributed by atoms with Gasteiger partial charge in [-0.3, -0.25) is 4.79 Å². The number of nitrogens with one attached hydrogen (secondary N) is 1. The highest BCUT2D eigenvalue weighted by atomic mass is 32.2. The van der Waals surface area contributed by atoms with Crippen molar-refractivity contribution in [1.29, 1.82) is 0 Å². The molecular weight excluding hydrogens is 389 g/mol. The van der Waals surface area contributed by atoms with Crippen LogP contribution in [0.2, 0.25) is 0 Å². The first-order chi connectivity index (χ1) is 12.6. The Bertz CT molecular complexity index is 1110. The number of hydrogen-bond acceptors (Lipinski definition) is 6. The fraction of sp³-hybridized carbons (Fsp3) is 0.167. The van der Waals surface area contributed by atoms with Crippen LogP contribution in [0, 0.1) is 5.82 Å². The van der Waals surface area contributed by atoms with Crippen LogP contribution in [0.4, 0.5) is 4.39 Å². The van der Waals surface area contributed by atoms with Gasteiger partial charge in [0.2, 0.25) is 0 Å². The molecule has 0 amide bonds. The molecule has 4 aromatic rings. The second kappa shape index (κ2) is 7.30. The third-order valence-electron chi connectivity index (χ3n) is 3.84. The SMILES string of the molecule is CCc1nc(CSc2nc3scc(-c4ccc(F)cc4)c3c(=O)[nH]2)cs1. The van der Waals surface area contributed by atoms with Crippen molar-refractivity contribution in [2.45, 2.75) is 24.3 Å². The average molecular weight is 404 g/mol. The summed E-state index contributed by atoms with van der Waals surface area (Å²) in [7, 11) is 0. The Hall–Kier alpha value is -2.03. The number of thiophene rings is 1. The molecule has 0 aliphatic heterocycles. The summed E-state index contributed by atoms with van der Waals surface area (Å²) in [5.41, 5.74) is 2.41. The number of fused-ring (bicyclic) bond motifs is 1. The molecule has 0 fully saturated rings. The Morgan fingerprint density at radius 3 is 2.69 bits per heavy atom. The molecule has 0 atom stereocenters. The fourth-order valence-corrected chi connectivity index (χ4v) is 5.17. The number of H-pyrrole nitrogens is 1. The minimum Gasteiger partial charge on any atom is -0.301 e. The summed E-state index contributed by atoms with van der Waals surface area (Å²) >= 11 is 4.54. The van der Waals surface area contributed by atoms with Crippen LogP contribution in [0.15, 0.2) is 45.0 Å². The maximum atomic E-state index is 13.1. The molecule has 0 aliphatic carbocycles. The lowest BCUT2D eigenvalue weighted by atomic mass is 10.1. The van der Waals surface area contributed by atoms with Gasteiger partial charge in [0.25, 0.3) is 5.56 Å². The van der Waals surface area contributed by atoms with E-state index in [0.717, 1.165) is 28.2 Å². The van der Waals surface area contributed by atoms with E-state index < -0.39 is 0 Å². The standard InChI is InChI=1S/C18H14FN3OS3/c1-2-14-20-12(7-24-14)8-26-18-21-16(23)15-13(9-25-17(15)22-18)10-3-5-11(19)6-4-10/h3-7,9H,2,8H2,1H3,(H,21,22,23). The van der Waals surface area contributed by atoms with Crippen LogP contribution in [0.3, 0.4) is 0 Å². The molecule has 0 aliphatic rings. The van der Waals surface area contributed by atoms with Gasteiger partial charge in [0.15, 0.2) is 5.16 Å². The van der Waals surface area contributed by atoms with Gasteiger partial charge in [-0.05, 0) is 24.1 Å². The summed E-state index contributed by atoms with van der Waals surface area (Å²) in [5, 5.41) is 6.18.